The van der Waals surface area contributed by atoms with Crippen LogP contribution in [0.2, 0.25) is 0 Å². The van der Waals surface area contributed by atoms with Crippen molar-refractivity contribution in [3.05, 3.63) is 69.4 Å². The van der Waals surface area contributed by atoms with Crippen LogP contribution in [0, 0.1) is 5.82 Å². The van der Waals surface area contributed by atoms with Crippen LogP contribution in [0.3, 0.4) is 0 Å². The molecule has 2 aromatic rings. The number of rotatable bonds is 3. The SMILES string of the molecule is CC(C)(C)c1ccc(CC(O)c2cc(F)ccc2Br)cc1. The van der Waals surface area contributed by atoms with Crippen LogP contribution < -0.4 is 0 Å². The Morgan fingerprint density at radius 3 is 2.29 bits per heavy atom. The molecule has 112 valence electrons. The number of hydrogen-bond acceptors (Lipinski definition) is 1. The first-order valence-electron chi connectivity index (χ1n) is 7.00. The van der Waals surface area contributed by atoms with E-state index in [0.717, 1.165) is 10.0 Å². The van der Waals surface area contributed by atoms with Gasteiger partial charge in [-0.2, -0.15) is 0 Å². The van der Waals surface area contributed by atoms with Crippen LogP contribution >= 0.6 is 15.9 Å². The van der Waals surface area contributed by atoms with E-state index in [0.29, 0.717) is 12.0 Å². The molecule has 0 heterocycles. The zero-order chi connectivity index (χ0) is 15.6. The smallest absolute Gasteiger partial charge is 0.123 e. The zero-order valence-electron chi connectivity index (χ0n) is 12.5. The lowest BCUT2D eigenvalue weighted by atomic mass is 9.86. The van der Waals surface area contributed by atoms with E-state index < -0.39 is 6.10 Å². The van der Waals surface area contributed by atoms with Crippen molar-refractivity contribution in [1.29, 1.82) is 0 Å². The summed E-state index contributed by atoms with van der Waals surface area (Å²) >= 11 is 3.36. The van der Waals surface area contributed by atoms with Gasteiger partial charge in [0.2, 0.25) is 0 Å². The van der Waals surface area contributed by atoms with E-state index in [1.807, 2.05) is 12.1 Å². The fourth-order valence-electron chi connectivity index (χ4n) is 2.24. The summed E-state index contributed by atoms with van der Waals surface area (Å²) in [5.74, 6) is -0.338. The molecule has 0 saturated heterocycles. The van der Waals surface area contributed by atoms with Crippen LogP contribution in [0.5, 0.6) is 0 Å². The molecule has 0 spiro atoms. The van der Waals surface area contributed by atoms with Crippen LogP contribution in [-0.2, 0) is 11.8 Å². The van der Waals surface area contributed by atoms with Crippen molar-refractivity contribution in [2.45, 2.75) is 38.7 Å². The standard InChI is InChI=1S/C18H20BrFO/c1-18(2,3)13-6-4-12(5-7-13)10-17(21)15-11-14(20)8-9-16(15)19/h4-9,11,17,21H,10H2,1-3H3. The van der Waals surface area contributed by atoms with E-state index >= 15 is 0 Å². The molecule has 0 amide bonds. The Balaban J connectivity index is 2.16. The lowest BCUT2D eigenvalue weighted by Crippen LogP contribution is -2.11. The lowest BCUT2D eigenvalue weighted by molar-refractivity contribution is 0.177. The van der Waals surface area contributed by atoms with Gasteiger partial charge in [0.05, 0.1) is 6.10 Å². The Bertz CT molecular complexity index is 614. The number of benzene rings is 2. The second-order valence-electron chi connectivity index (χ2n) is 6.33. The van der Waals surface area contributed by atoms with E-state index in [2.05, 4.69) is 48.8 Å². The molecule has 1 unspecified atom stereocenters. The minimum absolute atomic E-state index is 0.114. The van der Waals surface area contributed by atoms with Gasteiger partial charge in [-0.25, -0.2) is 4.39 Å². The summed E-state index contributed by atoms with van der Waals surface area (Å²) in [6.45, 7) is 6.50. The van der Waals surface area contributed by atoms with Crippen molar-refractivity contribution < 1.29 is 9.50 Å². The van der Waals surface area contributed by atoms with Crippen LogP contribution in [0.25, 0.3) is 0 Å². The zero-order valence-corrected chi connectivity index (χ0v) is 14.1. The highest BCUT2D eigenvalue weighted by molar-refractivity contribution is 9.10. The summed E-state index contributed by atoms with van der Waals surface area (Å²) in [6.07, 6.45) is -0.262. The highest BCUT2D eigenvalue weighted by Crippen LogP contribution is 2.28. The van der Waals surface area contributed by atoms with E-state index in [1.54, 1.807) is 6.07 Å². The normalized spacial score (nSPS) is 13.2. The average Bonchev–Trinajstić information content (AvgIpc) is 2.41. The molecule has 0 bridgehead atoms. The molecule has 21 heavy (non-hydrogen) atoms. The Kier molecular flexibility index (Phi) is 4.84. The Hall–Kier alpha value is -1.19. The average molecular weight is 351 g/mol. The Morgan fingerprint density at radius 1 is 1.10 bits per heavy atom. The number of aliphatic hydroxyl groups excluding tert-OH is 1. The monoisotopic (exact) mass is 350 g/mol. The third-order valence-electron chi connectivity index (χ3n) is 3.57. The third kappa shape index (κ3) is 4.14. The van der Waals surface area contributed by atoms with Crippen molar-refractivity contribution in [2.24, 2.45) is 0 Å². The van der Waals surface area contributed by atoms with E-state index in [1.165, 1.54) is 17.7 Å². The quantitative estimate of drug-likeness (QED) is 0.810. The van der Waals surface area contributed by atoms with E-state index in [-0.39, 0.29) is 11.2 Å². The number of halogens is 2. The van der Waals surface area contributed by atoms with Gasteiger partial charge in [-0.1, -0.05) is 61.0 Å². The molecule has 0 aliphatic rings. The molecular formula is C18H20BrFO. The first-order chi connectivity index (χ1) is 9.77. The molecule has 2 rings (SSSR count). The van der Waals surface area contributed by atoms with Crippen LogP contribution in [0.1, 0.15) is 43.6 Å². The van der Waals surface area contributed by atoms with Crippen LogP contribution in [0.15, 0.2) is 46.9 Å². The molecule has 1 nitrogen and oxygen atoms in total. The molecule has 1 N–H and O–H groups in total. The third-order valence-corrected chi connectivity index (χ3v) is 4.29. The summed E-state index contributed by atoms with van der Waals surface area (Å²) in [5.41, 5.74) is 2.98. The second kappa shape index (κ2) is 6.29. The van der Waals surface area contributed by atoms with Crippen molar-refractivity contribution in [2.75, 3.05) is 0 Å². The fraction of sp³-hybridized carbons (Fsp3) is 0.333. The molecule has 0 aliphatic heterocycles. The van der Waals surface area contributed by atoms with Crippen LogP contribution in [0.4, 0.5) is 4.39 Å². The van der Waals surface area contributed by atoms with Gasteiger partial charge in [-0.3, -0.25) is 0 Å². The first-order valence-corrected chi connectivity index (χ1v) is 7.79. The Morgan fingerprint density at radius 2 is 1.71 bits per heavy atom. The van der Waals surface area contributed by atoms with Crippen molar-refractivity contribution in [3.63, 3.8) is 0 Å². The van der Waals surface area contributed by atoms with Gasteiger partial charge in [-0.05, 0) is 40.3 Å². The molecule has 0 radical (unpaired) electrons. The summed E-state index contributed by atoms with van der Waals surface area (Å²) in [7, 11) is 0. The highest BCUT2D eigenvalue weighted by Gasteiger charge is 2.15. The van der Waals surface area contributed by atoms with Crippen molar-refractivity contribution in [1.82, 2.24) is 0 Å². The predicted molar refractivity (Wildman–Crippen MR) is 87.9 cm³/mol. The van der Waals surface area contributed by atoms with Crippen molar-refractivity contribution >= 4 is 15.9 Å². The molecule has 0 fully saturated rings. The van der Waals surface area contributed by atoms with Gasteiger partial charge in [0, 0.05) is 10.9 Å². The summed E-state index contributed by atoms with van der Waals surface area (Å²) in [5, 5.41) is 10.3. The van der Waals surface area contributed by atoms with Gasteiger partial charge in [0.1, 0.15) is 5.82 Å². The summed E-state index contributed by atoms with van der Waals surface area (Å²) in [4.78, 5) is 0. The van der Waals surface area contributed by atoms with Gasteiger partial charge in [0.15, 0.2) is 0 Å². The summed E-state index contributed by atoms with van der Waals surface area (Å²) in [6, 6.07) is 12.6. The van der Waals surface area contributed by atoms with Gasteiger partial charge >= 0.3 is 0 Å². The maximum atomic E-state index is 13.3. The number of aliphatic hydroxyl groups is 1. The molecule has 0 aromatic heterocycles. The molecule has 0 saturated carbocycles. The second-order valence-corrected chi connectivity index (χ2v) is 7.19. The van der Waals surface area contributed by atoms with Gasteiger partial charge < -0.3 is 5.11 Å². The van der Waals surface area contributed by atoms with E-state index in [4.69, 9.17) is 0 Å². The minimum Gasteiger partial charge on any atom is -0.388 e. The van der Waals surface area contributed by atoms with E-state index in [9.17, 15) is 9.50 Å². The molecule has 3 heteroatoms. The topological polar surface area (TPSA) is 20.2 Å². The summed E-state index contributed by atoms with van der Waals surface area (Å²) < 4.78 is 14.0. The van der Waals surface area contributed by atoms with Gasteiger partial charge in [0.25, 0.3) is 0 Å². The van der Waals surface area contributed by atoms with Crippen LogP contribution in [-0.4, -0.2) is 5.11 Å². The highest BCUT2D eigenvalue weighted by atomic mass is 79.9. The maximum Gasteiger partial charge on any atom is 0.123 e. The fourth-order valence-corrected chi connectivity index (χ4v) is 2.75. The largest absolute Gasteiger partial charge is 0.388 e. The lowest BCUT2D eigenvalue weighted by Gasteiger charge is -2.19. The minimum atomic E-state index is -0.726. The van der Waals surface area contributed by atoms with Crippen molar-refractivity contribution in [3.8, 4) is 0 Å². The predicted octanol–water partition coefficient (Wildman–Crippen LogP) is 5.16. The van der Waals surface area contributed by atoms with Gasteiger partial charge in [-0.15, -0.1) is 0 Å². The maximum absolute atomic E-state index is 13.3. The molecular weight excluding hydrogens is 331 g/mol. The molecule has 2 aromatic carbocycles. The number of hydrogen-bond donors (Lipinski definition) is 1. The molecule has 0 aliphatic carbocycles. The first kappa shape index (κ1) is 16.2. The molecule has 1 atom stereocenters. The Labute approximate surface area is 134 Å².